The molecule has 1 aromatic rings. The van der Waals surface area contributed by atoms with E-state index in [1.165, 1.54) is 0 Å². The zero-order chi connectivity index (χ0) is 17.0. The lowest BCUT2D eigenvalue weighted by atomic mass is 10.1. The molecule has 6 nitrogen and oxygen atoms in total. The first kappa shape index (κ1) is 17.7. The van der Waals surface area contributed by atoms with Crippen LogP contribution in [0, 0.1) is 0 Å². The van der Waals surface area contributed by atoms with E-state index in [2.05, 4.69) is 15.2 Å². The first-order valence-corrected chi connectivity index (χ1v) is 8.10. The largest absolute Gasteiger partial charge is 0.497 e. The van der Waals surface area contributed by atoms with Crippen molar-refractivity contribution in [3.63, 3.8) is 0 Å². The van der Waals surface area contributed by atoms with Crippen LogP contribution in [0.4, 0.5) is 10.6 Å². The summed E-state index contributed by atoms with van der Waals surface area (Å²) >= 11 is 6.02. The van der Waals surface area contributed by atoms with E-state index < -0.39 is 5.60 Å². The molecular formula is C16H24ClN3O3. The number of rotatable bonds is 3. The molecule has 1 amide bonds. The van der Waals surface area contributed by atoms with Crippen LogP contribution in [0.5, 0.6) is 5.75 Å². The Morgan fingerprint density at radius 2 is 2.00 bits per heavy atom. The van der Waals surface area contributed by atoms with Gasteiger partial charge in [-0.2, -0.15) is 0 Å². The molecule has 1 fully saturated rings. The number of aromatic nitrogens is 1. The number of piperidine rings is 1. The van der Waals surface area contributed by atoms with Crippen LogP contribution in [-0.4, -0.2) is 42.9 Å². The van der Waals surface area contributed by atoms with Crippen molar-refractivity contribution in [1.29, 1.82) is 0 Å². The van der Waals surface area contributed by atoms with Gasteiger partial charge in [0.05, 0.1) is 7.11 Å². The standard InChI is InChI=1S/C16H24ClN3O3/c1-16(2,3)23-15(21)18-11-5-7-20(8-6-11)14-10-12(22-4)9-13(17)19-14/h9-11H,5-8H2,1-4H3,(H,18,21). The van der Waals surface area contributed by atoms with Crippen LogP contribution in [-0.2, 0) is 4.74 Å². The maximum absolute atomic E-state index is 11.8. The zero-order valence-electron chi connectivity index (χ0n) is 14.1. The van der Waals surface area contributed by atoms with Gasteiger partial charge in [0, 0.05) is 31.3 Å². The van der Waals surface area contributed by atoms with E-state index in [0.717, 1.165) is 31.7 Å². The van der Waals surface area contributed by atoms with Crippen molar-refractivity contribution < 1.29 is 14.3 Å². The number of carbonyl (C=O) groups excluding carboxylic acids is 1. The molecule has 2 rings (SSSR count). The average Bonchev–Trinajstić information content (AvgIpc) is 2.45. The Balaban J connectivity index is 1.89. The molecule has 1 aliphatic heterocycles. The quantitative estimate of drug-likeness (QED) is 0.855. The van der Waals surface area contributed by atoms with Gasteiger partial charge in [-0.1, -0.05) is 11.6 Å². The van der Waals surface area contributed by atoms with Gasteiger partial charge in [-0.05, 0) is 33.6 Å². The van der Waals surface area contributed by atoms with Crippen LogP contribution in [0.3, 0.4) is 0 Å². The van der Waals surface area contributed by atoms with Crippen LogP contribution in [0.25, 0.3) is 0 Å². The van der Waals surface area contributed by atoms with Crippen LogP contribution in [0.1, 0.15) is 33.6 Å². The van der Waals surface area contributed by atoms with Gasteiger partial charge in [-0.15, -0.1) is 0 Å². The Morgan fingerprint density at radius 3 is 2.57 bits per heavy atom. The van der Waals surface area contributed by atoms with Crippen molar-refractivity contribution in [1.82, 2.24) is 10.3 Å². The highest BCUT2D eigenvalue weighted by Crippen LogP contribution is 2.25. The van der Waals surface area contributed by atoms with Crippen molar-refractivity contribution in [2.24, 2.45) is 0 Å². The Kier molecular flexibility index (Phi) is 5.57. The van der Waals surface area contributed by atoms with Crippen molar-refractivity contribution in [2.45, 2.75) is 45.3 Å². The summed E-state index contributed by atoms with van der Waals surface area (Å²) in [6.07, 6.45) is 1.30. The molecule has 0 atom stereocenters. The second-order valence-electron chi connectivity index (χ2n) is 6.60. The summed E-state index contributed by atoms with van der Waals surface area (Å²) in [6, 6.07) is 3.66. The number of amides is 1. The third-order valence-corrected chi connectivity index (χ3v) is 3.72. The van der Waals surface area contributed by atoms with Gasteiger partial charge in [0.1, 0.15) is 22.3 Å². The average molecular weight is 342 g/mol. The number of halogens is 1. The summed E-state index contributed by atoms with van der Waals surface area (Å²) in [4.78, 5) is 18.3. The summed E-state index contributed by atoms with van der Waals surface area (Å²) in [5, 5.41) is 3.33. The van der Waals surface area contributed by atoms with Gasteiger partial charge in [0.2, 0.25) is 0 Å². The minimum atomic E-state index is -0.480. The number of hydrogen-bond acceptors (Lipinski definition) is 5. The van der Waals surface area contributed by atoms with Crippen LogP contribution in [0.15, 0.2) is 12.1 Å². The number of hydrogen-bond donors (Lipinski definition) is 1. The third kappa shape index (κ3) is 5.46. The highest BCUT2D eigenvalue weighted by molar-refractivity contribution is 6.29. The second-order valence-corrected chi connectivity index (χ2v) is 6.98. The molecule has 0 aliphatic carbocycles. The van der Waals surface area contributed by atoms with E-state index in [0.29, 0.717) is 10.9 Å². The smallest absolute Gasteiger partial charge is 0.407 e. The van der Waals surface area contributed by atoms with Gasteiger partial charge in [-0.3, -0.25) is 0 Å². The van der Waals surface area contributed by atoms with Crippen LogP contribution >= 0.6 is 11.6 Å². The number of methoxy groups -OCH3 is 1. The van der Waals surface area contributed by atoms with E-state index in [9.17, 15) is 4.79 Å². The van der Waals surface area contributed by atoms with E-state index in [-0.39, 0.29) is 12.1 Å². The lowest BCUT2D eigenvalue weighted by Crippen LogP contribution is -2.46. The van der Waals surface area contributed by atoms with Crippen molar-refractivity contribution in [3.8, 4) is 5.75 Å². The molecule has 1 N–H and O–H groups in total. The molecule has 0 unspecified atom stereocenters. The Bertz CT molecular complexity index is 552. The summed E-state index contributed by atoms with van der Waals surface area (Å²) < 4.78 is 10.5. The fraction of sp³-hybridized carbons (Fsp3) is 0.625. The summed E-state index contributed by atoms with van der Waals surface area (Å²) in [5.41, 5.74) is -0.480. The van der Waals surface area contributed by atoms with Crippen molar-refractivity contribution in [3.05, 3.63) is 17.3 Å². The van der Waals surface area contributed by atoms with E-state index >= 15 is 0 Å². The predicted molar refractivity (Wildman–Crippen MR) is 90.4 cm³/mol. The molecular weight excluding hydrogens is 318 g/mol. The molecule has 7 heteroatoms. The van der Waals surface area contributed by atoms with E-state index in [1.807, 2.05) is 26.8 Å². The normalized spacial score (nSPS) is 16.1. The summed E-state index contributed by atoms with van der Waals surface area (Å²) in [6.45, 7) is 7.14. The van der Waals surface area contributed by atoms with Gasteiger partial charge < -0.3 is 19.7 Å². The van der Waals surface area contributed by atoms with E-state index in [1.54, 1.807) is 13.2 Å². The molecule has 2 heterocycles. The van der Waals surface area contributed by atoms with Gasteiger partial charge in [0.15, 0.2) is 0 Å². The van der Waals surface area contributed by atoms with Crippen molar-refractivity contribution in [2.75, 3.05) is 25.1 Å². The number of alkyl carbamates (subject to hydrolysis) is 1. The number of carbonyl (C=O) groups is 1. The highest BCUT2D eigenvalue weighted by atomic mass is 35.5. The maximum Gasteiger partial charge on any atom is 0.407 e. The second kappa shape index (κ2) is 7.25. The SMILES string of the molecule is COc1cc(Cl)nc(N2CCC(NC(=O)OC(C)(C)C)CC2)c1. The molecule has 0 bridgehead atoms. The number of anilines is 1. The minimum Gasteiger partial charge on any atom is -0.497 e. The van der Waals surface area contributed by atoms with Crippen molar-refractivity contribution >= 4 is 23.5 Å². The summed E-state index contributed by atoms with van der Waals surface area (Å²) in [5.74, 6) is 1.49. The van der Waals surface area contributed by atoms with Gasteiger partial charge in [-0.25, -0.2) is 9.78 Å². The highest BCUT2D eigenvalue weighted by Gasteiger charge is 2.24. The Labute approximate surface area is 142 Å². The third-order valence-electron chi connectivity index (χ3n) is 3.53. The number of nitrogens with zero attached hydrogens (tertiary/aromatic N) is 2. The molecule has 0 radical (unpaired) electrons. The fourth-order valence-corrected chi connectivity index (χ4v) is 2.66. The first-order chi connectivity index (χ1) is 10.8. The Hall–Kier alpha value is -1.69. The molecule has 0 spiro atoms. The summed E-state index contributed by atoms with van der Waals surface area (Å²) in [7, 11) is 1.60. The van der Waals surface area contributed by atoms with Gasteiger partial charge >= 0.3 is 6.09 Å². The molecule has 1 aliphatic rings. The first-order valence-electron chi connectivity index (χ1n) is 7.73. The maximum atomic E-state index is 11.8. The molecule has 1 aromatic heterocycles. The minimum absolute atomic E-state index is 0.113. The molecule has 0 aromatic carbocycles. The molecule has 128 valence electrons. The topological polar surface area (TPSA) is 63.7 Å². The fourth-order valence-electron chi connectivity index (χ4n) is 2.47. The number of pyridine rings is 1. The van der Waals surface area contributed by atoms with Crippen LogP contribution in [0.2, 0.25) is 5.15 Å². The van der Waals surface area contributed by atoms with Crippen LogP contribution < -0.4 is 15.0 Å². The van der Waals surface area contributed by atoms with E-state index in [4.69, 9.17) is 21.1 Å². The monoisotopic (exact) mass is 341 g/mol. The zero-order valence-corrected chi connectivity index (χ0v) is 14.8. The lowest BCUT2D eigenvalue weighted by Gasteiger charge is -2.33. The number of nitrogens with one attached hydrogen (secondary N) is 1. The lowest BCUT2D eigenvalue weighted by molar-refractivity contribution is 0.0497. The molecule has 1 saturated heterocycles. The molecule has 23 heavy (non-hydrogen) atoms. The molecule has 0 saturated carbocycles. The van der Waals surface area contributed by atoms with Gasteiger partial charge in [0.25, 0.3) is 0 Å². The Morgan fingerprint density at radius 1 is 1.35 bits per heavy atom. The number of ether oxygens (including phenoxy) is 2. The predicted octanol–water partition coefficient (Wildman–Crippen LogP) is 3.24.